The predicted octanol–water partition coefficient (Wildman–Crippen LogP) is 2.83. The summed E-state index contributed by atoms with van der Waals surface area (Å²) in [6, 6.07) is 1.93. The second-order valence-electron chi connectivity index (χ2n) is 6.91. The molecule has 8 heteroatoms. The van der Waals surface area contributed by atoms with Gasteiger partial charge in [-0.05, 0) is 43.7 Å². The summed E-state index contributed by atoms with van der Waals surface area (Å²) in [5.41, 5.74) is -0.0931. The summed E-state index contributed by atoms with van der Waals surface area (Å²) in [6.07, 6.45) is 7.33. The molecule has 0 aromatic carbocycles. The zero-order chi connectivity index (χ0) is 17.7. The van der Waals surface area contributed by atoms with Crippen LogP contribution in [0.15, 0.2) is 5.16 Å². The lowest BCUT2D eigenvalue weighted by atomic mass is 10.2. The van der Waals surface area contributed by atoms with Crippen molar-refractivity contribution in [3.05, 3.63) is 0 Å². The molecule has 0 bridgehead atoms. The van der Waals surface area contributed by atoms with Gasteiger partial charge in [-0.25, -0.2) is 0 Å². The average molecular weight is 366 g/mol. The van der Waals surface area contributed by atoms with Crippen LogP contribution >= 0.6 is 7.94 Å². The van der Waals surface area contributed by atoms with Crippen LogP contribution in [0.1, 0.15) is 51.9 Å². The number of Topliss-reactive ketones (excluding diaryl/α,β-unsaturated/α-hetero) is 1. The normalized spacial score (nSPS) is 23.9. The smallest absolute Gasteiger partial charge is 0.291 e. The van der Waals surface area contributed by atoms with E-state index in [1.54, 1.807) is 6.92 Å². The van der Waals surface area contributed by atoms with Gasteiger partial charge in [-0.3, -0.25) is 4.79 Å². The Bertz CT molecular complexity index is 503. The van der Waals surface area contributed by atoms with Crippen LogP contribution in [0.5, 0.6) is 0 Å². The van der Waals surface area contributed by atoms with Crippen LogP contribution in [0.3, 0.4) is 0 Å². The molecule has 3 aliphatic heterocycles. The summed E-state index contributed by atoms with van der Waals surface area (Å²) in [7, 11) is -2.25. The molecule has 3 heterocycles. The Hall–Kier alpha value is -1.06. The zero-order valence-corrected chi connectivity index (χ0v) is 16.1. The third kappa shape index (κ3) is 3.73. The molecule has 7 nitrogen and oxygen atoms in total. The van der Waals surface area contributed by atoms with E-state index in [9.17, 15) is 10.1 Å². The molecule has 0 spiro atoms. The molecule has 0 atom stereocenters. The average Bonchev–Trinajstić information content (AvgIpc) is 3.41. The minimum absolute atomic E-state index is 0.0931. The summed E-state index contributed by atoms with van der Waals surface area (Å²) >= 11 is 0. The lowest BCUT2D eigenvalue weighted by Gasteiger charge is -2.38. The van der Waals surface area contributed by atoms with Crippen molar-refractivity contribution in [2.45, 2.75) is 51.9 Å². The van der Waals surface area contributed by atoms with Gasteiger partial charge in [0.2, 0.25) is 5.71 Å². The monoisotopic (exact) mass is 366 g/mol. The van der Waals surface area contributed by atoms with E-state index < -0.39 is 7.94 Å². The first kappa shape index (κ1) is 18.7. The van der Waals surface area contributed by atoms with E-state index in [0.29, 0.717) is 0 Å². The highest BCUT2D eigenvalue weighted by molar-refractivity contribution is 7.64. The Morgan fingerprint density at radius 1 is 0.960 bits per heavy atom. The number of hydrogen-bond acceptors (Lipinski definition) is 7. The summed E-state index contributed by atoms with van der Waals surface area (Å²) in [4.78, 5) is 12.0. The summed E-state index contributed by atoms with van der Waals surface area (Å²) in [5.74, 6) is -0.245. The van der Waals surface area contributed by atoms with E-state index in [1.165, 1.54) is 38.5 Å². The first-order valence-corrected chi connectivity index (χ1v) is 11.1. The number of carbonyl (C=O) groups is 1. The van der Waals surface area contributed by atoms with Crippen LogP contribution < -0.4 is 0 Å². The van der Waals surface area contributed by atoms with Crippen molar-refractivity contribution in [2.75, 3.05) is 39.3 Å². The van der Waals surface area contributed by atoms with Gasteiger partial charge in [-0.1, -0.05) is 6.92 Å². The summed E-state index contributed by atoms with van der Waals surface area (Å²) in [5, 5.41) is 13.5. The Balaban J connectivity index is 1.95. The van der Waals surface area contributed by atoms with Gasteiger partial charge >= 0.3 is 7.94 Å². The lowest BCUT2D eigenvalue weighted by Crippen LogP contribution is -2.43. The highest BCUT2D eigenvalue weighted by Crippen LogP contribution is 2.71. The largest absolute Gasteiger partial charge is 0.451 e. The first-order chi connectivity index (χ1) is 12.2. The number of hydrogen-bond donors (Lipinski definition) is 0. The molecule has 3 rings (SSSR count). The molecular formula is C17H29N5O2P+. The summed E-state index contributed by atoms with van der Waals surface area (Å²) < 4.78 is 13.7. The molecule has 3 aliphatic rings. The lowest BCUT2D eigenvalue weighted by molar-refractivity contribution is -0.112. The van der Waals surface area contributed by atoms with Crippen molar-refractivity contribution in [3.8, 4) is 6.07 Å². The fraction of sp³-hybridized carbons (Fsp3) is 0.824. The number of oxime groups is 1. The quantitative estimate of drug-likeness (QED) is 0.392. The summed E-state index contributed by atoms with van der Waals surface area (Å²) in [6.45, 7) is 7.83. The van der Waals surface area contributed by atoms with Crippen LogP contribution in [-0.2, 0) is 9.42 Å². The Kier molecular flexibility index (Phi) is 6.40. The molecule has 0 amide bonds. The van der Waals surface area contributed by atoms with Gasteiger partial charge in [0.25, 0.3) is 0 Å². The standard InChI is InChI=1S/C17H29N5O2P/c1-2-17(23)16(15-18)19-24-25(20-9-3-4-10-20,21-11-5-6-12-21)22-13-7-8-14-22/h2-14H2,1H3/q+1/b19-16+. The van der Waals surface area contributed by atoms with E-state index >= 15 is 0 Å². The van der Waals surface area contributed by atoms with Gasteiger partial charge in [0.15, 0.2) is 5.78 Å². The van der Waals surface area contributed by atoms with E-state index in [-0.39, 0.29) is 17.9 Å². The molecule has 0 aromatic heterocycles. The molecule has 0 N–H and O–H groups in total. The molecule has 0 aliphatic carbocycles. The number of carbonyl (C=O) groups excluding carboxylic acids is 1. The fourth-order valence-corrected chi connectivity index (χ4v) is 7.96. The number of rotatable bonds is 7. The van der Waals surface area contributed by atoms with Crippen LogP contribution in [0, 0.1) is 11.3 Å². The maximum absolute atomic E-state index is 12.0. The van der Waals surface area contributed by atoms with Gasteiger partial charge in [-0.2, -0.15) is 9.89 Å². The fourth-order valence-electron chi connectivity index (χ4n) is 3.97. The van der Waals surface area contributed by atoms with E-state index in [2.05, 4.69) is 19.2 Å². The third-order valence-electron chi connectivity index (χ3n) is 5.29. The molecule has 0 aromatic rings. The molecule has 138 valence electrons. The molecule has 0 unspecified atom stereocenters. The Morgan fingerprint density at radius 2 is 1.36 bits per heavy atom. The molecule has 3 fully saturated rings. The van der Waals surface area contributed by atoms with Gasteiger partial charge < -0.3 is 0 Å². The van der Waals surface area contributed by atoms with E-state index in [4.69, 9.17) is 4.62 Å². The van der Waals surface area contributed by atoms with Crippen molar-refractivity contribution in [3.63, 3.8) is 0 Å². The van der Waals surface area contributed by atoms with Crippen molar-refractivity contribution < 1.29 is 9.42 Å². The minimum atomic E-state index is -2.25. The van der Waals surface area contributed by atoms with Crippen molar-refractivity contribution in [1.82, 2.24) is 14.0 Å². The molecule has 0 saturated carbocycles. The van der Waals surface area contributed by atoms with Crippen molar-refractivity contribution in [2.24, 2.45) is 5.16 Å². The molecule has 3 saturated heterocycles. The Labute approximate surface area is 151 Å². The van der Waals surface area contributed by atoms with Gasteiger partial charge in [0.05, 0.1) is 0 Å². The van der Waals surface area contributed by atoms with Crippen LogP contribution in [0.4, 0.5) is 0 Å². The second kappa shape index (κ2) is 8.55. The number of nitrogens with zero attached hydrogens (tertiary/aromatic N) is 5. The first-order valence-electron chi connectivity index (χ1n) is 9.57. The highest BCUT2D eigenvalue weighted by atomic mass is 31.2. The Morgan fingerprint density at radius 3 is 1.68 bits per heavy atom. The minimum Gasteiger partial charge on any atom is -0.291 e. The molecule has 25 heavy (non-hydrogen) atoms. The maximum atomic E-state index is 12.0. The van der Waals surface area contributed by atoms with Crippen LogP contribution in [0.25, 0.3) is 0 Å². The molecule has 0 radical (unpaired) electrons. The van der Waals surface area contributed by atoms with E-state index in [1.807, 2.05) is 6.07 Å². The number of ketones is 1. The topological polar surface area (TPSA) is 72.2 Å². The zero-order valence-electron chi connectivity index (χ0n) is 15.2. The molecular weight excluding hydrogens is 337 g/mol. The van der Waals surface area contributed by atoms with Gasteiger partial charge in [-0.15, -0.1) is 14.0 Å². The number of nitriles is 1. The SMILES string of the molecule is CCC(=O)/C(C#N)=N/O[P+](N1CCCC1)(N1CCCC1)N1CCCC1. The maximum Gasteiger partial charge on any atom is 0.451 e. The highest BCUT2D eigenvalue weighted by Gasteiger charge is 2.63. The van der Waals surface area contributed by atoms with Crippen LogP contribution in [-0.4, -0.2) is 64.8 Å². The van der Waals surface area contributed by atoms with Crippen molar-refractivity contribution in [1.29, 1.82) is 5.26 Å². The van der Waals surface area contributed by atoms with E-state index in [0.717, 1.165) is 39.3 Å². The predicted molar refractivity (Wildman–Crippen MR) is 98.8 cm³/mol. The van der Waals surface area contributed by atoms with Crippen molar-refractivity contribution >= 4 is 19.4 Å². The van der Waals surface area contributed by atoms with Crippen LogP contribution in [0.2, 0.25) is 0 Å². The van der Waals surface area contributed by atoms with Gasteiger partial charge in [0.1, 0.15) is 6.07 Å². The second-order valence-corrected chi connectivity index (χ2v) is 9.79. The van der Waals surface area contributed by atoms with Gasteiger partial charge in [0, 0.05) is 45.7 Å². The third-order valence-corrected chi connectivity index (χ3v) is 9.00.